The number of hydrogen-bond acceptors (Lipinski definition) is 6. The van der Waals surface area contributed by atoms with Crippen LogP contribution >= 0.6 is 0 Å². The minimum Gasteiger partial charge on any atom is -0.481 e. The van der Waals surface area contributed by atoms with Gasteiger partial charge in [-0.15, -0.1) is 0 Å². The van der Waals surface area contributed by atoms with Gasteiger partial charge in [0.05, 0.1) is 28.9 Å². The van der Waals surface area contributed by atoms with Crippen LogP contribution in [0.1, 0.15) is 58.8 Å². The van der Waals surface area contributed by atoms with Crippen LogP contribution in [0.4, 0.5) is 0 Å². The van der Waals surface area contributed by atoms with Gasteiger partial charge in [0.25, 0.3) is 0 Å². The first-order chi connectivity index (χ1) is 14.0. The van der Waals surface area contributed by atoms with Crippen LogP contribution in [0.2, 0.25) is 0 Å². The van der Waals surface area contributed by atoms with Crippen molar-refractivity contribution in [2.45, 2.75) is 48.5 Å². The van der Waals surface area contributed by atoms with Crippen molar-refractivity contribution in [2.75, 3.05) is 0 Å². The van der Waals surface area contributed by atoms with Gasteiger partial charge >= 0.3 is 23.9 Å². The summed E-state index contributed by atoms with van der Waals surface area (Å²) in [5.74, 6) is -2.22. The van der Waals surface area contributed by atoms with Gasteiger partial charge in [0.15, 0.2) is 0 Å². The molecule has 1 rings (SSSR count). The van der Waals surface area contributed by atoms with Crippen molar-refractivity contribution < 1.29 is 38.9 Å². The number of aromatic carboxylic acids is 1. The Morgan fingerprint density at radius 3 is 1.32 bits per heavy atom. The Kier molecular flexibility index (Phi) is 17.0. The Labute approximate surface area is 184 Å². The van der Waals surface area contributed by atoms with E-state index in [-0.39, 0.29) is 11.9 Å². The smallest absolute Gasteiger partial charge is 0.335 e. The lowest BCUT2D eigenvalue weighted by molar-refractivity contribution is -0.147. The lowest BCUT2D eigenvalue weighted by Crippen LogP contribution is -2.20. The van der Waals surface area contributed by atoms with Crippen LogP contribution in [0.25, 0.3) is 0 Å². The molecule has 174 valence electrons. The number of rotatable bonds is 3. The standard InChI is InChI=1S/C7H6O2.C7H12O2.C5H10O2.C4H6O2/c8-7(9)6-4-2-1-3-5-6;1-5-9-6(8)7(2,3)4;1-5(2,3)4(6)7;1-3-6-4(2)5/h1-5H,(H,8,9);5H,1H2,2-4H3;1-3H3,(H,6,7);3H,1H2,2H3. The molecule has 0 aliphatic carbocycles. The number of ether oxygens (including phenoxy) is 2. The van der Waals surface area contributed by atoms with Crippen molar-refractivity contribution in [1.82, 2.24) is 0 Å². The highest BCUT2D eigenvalue weighted by Crippen LogP contribution is 2.14. The van der Waals surface area contributed by atoms with Crippen LogP contribution in [-0.2, 0) is 23.9 Å². The molecule has 0 saturated heterocycles. The van der Waals surface area contributed by atoms with Gasteiger partial charge in [0.1, 0.15) is 0 Å². The third-order valence-corrected chi connectivity index (χ3v) is 2.71. The maximum absolute atomic E-state index is 10.8. The summed E-state index contributed by atoms with van der Waals surface area (Å²) >= 11 is 0. The minimum atomic E-state index is -0.879. The number of aliphatic carboxylic acids is 1. The number of carbonyl (C=O) groups excluding carboxylic acids is 2. The third-order valence-electron chi connectivity index (χ3n) is 2.71. The van der Waals surface area contributed by atoms with E-state index in [9.17, 15) is 19.2 Å². The molecule has 0 aliphatic heterocycles. The molecule has 0 saturated carbocycles. The zero-order valence-corrected chi connectivity index (χ0v) is 19.3. The number of esters is 2. The molecule has 1 aromatic rings. The number of carboxylic acid groups (broad SMARTS) is 2. The van der Waals surface area contributed by atoms with Crippen molar-refractivity contribution in [1.29, 1.82) is 0 Å². The summed E-state index contributed by atoms with van der Waals surface area (Å²) in [6.07, 6.45) is 2.25. The van der Waals surface area contributed by atoms with Gasteiger partial charge in [-0.2, -0.15) is 0 Å². The van der Waals surface area contributed by atoms with E-state index >= 15 is 0 Å². The Morgan fingerprint density at radius 1 is 0.806 bits per heavy atom. The van der Waals surface area contributed by atoms with E-state index in [0.29, 0.717) is 5.56 Å². The molecular formula is C23H34O8. The molecule has 0 atom stereocenters. The molecule has 0 aliphatic rings. The number of carbonyl (C=O) groups is 4. The van der Waals surface area contributed by atoms with Crippen LogP contribution < -0.4 is 0 Å². The Bertz CT molecular complexity index is 707. The molecule has 0 unspecified atom stereocenters. The summed E-state index contributed by atoms with van der Waals surface area (Å²) in [5, 5.41) is 16.6. The third kappa shape index (κ3) is 22.7. The second-order valence-corrected chi connectivity index (χ2v) is 7.82. The van der Waals surface area contributed by atoms with Crippen molar-refractivity contribution in [3.05, 3.63) is 61.6 Å². The summed E-state index contributed by atoms with van der Waals surface area (Å²) in [6, 6.07) is 8.30. The molecule has 0 bridgehead atoms. The summed E-state index contributed by atoms with van der Waals surface area (Å²) < 4.78 is 8.70. The van der Waals surface area contributed by atoms with E-state index < -0.39 is 22.8 Å². The maximum atomic E-state index is 10.8. The van der Waals surface area contributed by atoms with Gasteiger partial charge in [-0.25, -0.2) is 4.79 Å². The van der Waals surface area contributed by atoms with Gasteiger partial charge in [0.2, 0.25) is 0 Å². The van der Waals surface area contributed by atoms with Crippen molar-refractivity contribution in [3.63, 3.8) is 0 Å². The molecule has 0 radical (unpaired) electrons. The van der Waals surface area contributed by atoms with Crippen molar-refractivity contribution >= 4 is 23.9 Å². The lowest BCUT2D eigenvalue weighted by atomic mass is 9.98. The van der Waals surface area contributed by atoms with Gasteiger partial charge in [-0.1, -0.05) is 31.4 Å². The molecule has 8 nitrogen and oxygen atoms in total. The lowest BCUT2D eigenvalue weighted by Gasteiger charge is -2.13. The fraction of sp³-hybridized carbons (Fsp3) is 0.391. The molecule has 0 heterocycles. The highest BCUT2D eigenvalue weighted by Gasteiger charge is 2.21. The topological polar surface area (TPSA) is 127 Å². The zero-order chi connectivity index (χ0) is 25.3. The molecule has 2 N–H and O–H groups in total. The first-order valence-corrected chi connectivity index (χ1v) is 9.12. The van der Waals surface area contributed by atoms with Crippen LogP contribution in [-0.4, -0.2) is 34.1 Å². The Hall–Kier alpha value is -3.42. The van der Waals surface area contributed by atoms with Crippen LogP contribution in [0.15, 0.2) is 56.0 Å². The SMILES string of the molecule is C=COC(=O)C(C)(C)C.C=COC(C)=O.CC(C)(C)C(=O)O.O=C(O)c1ccccc1. The maximum Gasteiger partial charge on any atom is 0.335 e. The summed E-state index contributed by atoms with van der Waals surface area (Å²) in [7, 11) is 0. The van der Waals surface area contributed by atoms with E-state index in [1.165, 1.54) is 6.92 Å². The largest absolute Gasteiger partial charge is 0.481 e. The van der Waals surface area contributed by atoms with Gasteiger partial charge in [-0.3, -0.25) is 14.4 Å². The normalized spacial score (nSPS) is 9.52. The number of benzene rings is 1. The monoisotopic (exact) mass is 438 g/mol. The fourth-order valence-electron chi connectivity index (χ4n) is 0.951. The molecule has 0 amide bonds. The van der Waals surface area contributed by atoms with Crippen LogP contribution in [0.3, 0.4) is 0 Å². The van der Waals surface area contributed by atoms with Gasteiger partial charge < -0.3 is 19.7 Å². The van der Waals surface area contributed by atoms with E-state index in [1.54, 1.807) is 71.9 Å². The van der Waals surface area contributed by atoms with Crippen molar-refractivity contribution in [2.24, 2.45) is 10.8 Å². The predicted molar refractivity (Wildman–Crippen MR) is 118 cm³/mol. The molecule has 0 aromatic heterocycles. The zero-order valence-electron chi connectivity index (χ0n) is 19.3. The predicted octanol–water partition coefficient (Wildman–Crippen LogP) is 4.91. The molecule has 31 heavy (non-hydrogen) atoms. The second kappa shape index (κ2) is 16.4. The van der Waals surface area contributed by atoms with Crippen molar-refractivity contribution in [3.8, 4) is 0 Å². The Balaban J connectivity index is -0.000000342. The van der Waals surface area contributed by atoms with E-state index in [2.05, 4.69) is 22.6 Å². The van der Waals surface area contributed by atoms with E-state index in [4.69, 9.17) is 10.2 Å². The van der Waals surface area contributed by atoms with Gasteiger partial charge in [-0.05, 0) is 53.7 Å². The average Bonchev–Trinajstić information content (AvgIpc) is 2.62. The first-order valence-electron chi connectivity index (χ1n) is 9.12. The van der Waals surface area contributed by atoms with Crippen LogP contribution in [0.5, 0.6) is 0 Å². The van der Waals surface area contributed by atoms with E-state index in [1.807, 2.05) is 0 Å². The van der Waals surface area contributed by atoms with Gasteiger partial charge in [0, 0.05) is 6.92 Å². The first kappa shape index (κ1) is 32.3. The number of hydrogen-bond donors (Lipinski definition) is 2. The molecule has 1 aromatic carbocycles. The summed E-state index contributed by atoms with van der Waals surface area (Å²) in [6.45, 7) is 18.1. The average molecular weight is 439 g/mol. The molecular weight excluding hydrogens is 404 g/mol. The second-order valence-electron chi connectivity index (χ2n) is 7.82. The summed E-state index contributed by atoms with van der Waals surface area (Å²) in [4.78, 5) is 40.7. The fourth-order valence-corrected chi connectivity index (χ4v) is 0.951. The van der Waals surface area contributed by atoms with E-state index in [0.717, 1.165) is 12.5 Å². The minimum absolute atomic E-state index is 0.252. The molecule has 8 heteroatoms. The highest BCUT2D eigenvalue weighted by atomic mass is 16.5. The van der Waals surface area contributed by atoms with Crippen LogP contribution in [0, 0.1) is 10.8 Å². The number of carboxylic acids is 2. The quantitative estimate of drug-likeness (QED) is 0.503. The highest BCUT2D eigenvalue weighted by molar-refractivity contribution is 5.87. The molecule has 0 spiro atoms. The molecule has 0 fully saturated rings. The summed E-state index contributed by atoms with van der Waals surface area (Å²) in [5.41, 5.74) is -0.675. The Morgan fingerprint density at radius 2 is 1.19 bits per heavy atom.